The van der Waals surface area contributed by atoms with Crippen molar-refractivity contribution in [2.45, 2.75) is 44.9 Å². The molecule has 1 heterocycles. The Morgan fingerprint density at radius 1 is 0.840 bits per heavy atom. The largest absolute Gasteiger partial charge is 0.389 e. The molecule has 2 nitrogen and oxygen atoms in total. The Bertz CT molecular complexity index is 656. The standard InChI is InChI=1S/C21H25Cl2NO/c1-4-21(25)13(2)19(15-5-9-17(22)10-6-15)24-20(14(21)3)16-7-11-18(23)12-8-16/h5-14,19-20,24-25H,4H2,1-3H3/t13-,14+,19+,20-,21?. The van der Waals surface area contributed by atoms with E-state index in [-0.39, 0.29) is 23.9 Å². The number of halogens is 2. The summed E-state index contributed by atoms with van der Waals surface area (Å²) in [6, 6.07) is 15.9. The average Bonchev–Trinajstić information content (AvgIpc) is 2.62. The minimum absolute atomic E-state index is 0.0547. The molecular formula is C21H25Cl2NO. The van der Waals surface area contributed by atoms with E-state index in [1.165, 1.54) is 0 Å². The van der Waals surface area contributed by atoms with Gasteiger partial charge in [-0.1, -0.05) is 68.2 Å². The van der Waals surface area contributed by atoms with Crippen molar-refractivity contribution in [3.8, 4) is 0 Å². The fourth-order valence-electron chi connectivity index (χ4n) is 4.23. The summed E-state index contributed by atoms with van der Waals surface area (Å²) in [6.07, 6.45) is 0.713. The predicted octanol–water partition coefficient (Wildman–Crippen LogP) is 5.79. The van der Waals surface area contributed by atoms with E-state index in [1.807, 2.05) is 48.5 Å². The molecule has 134 valence electrons. The summed E-state index contributed by atoms with van der Waals surface area (Å²) in [5.74, 6) is 0.162. The van der Waals surface area contributed by atoms with Gasteiger partial charge in [0.1, 0.15) is 0 Å². The third-order valence-corrected chi connectivity index (χ3v) is 6.46. The Morgan fingerprint density at radius 2 is 1.20 bits per heavy atom. The van der Waals surface area contributed by atoms with Crippen LogP contribution in [-0.4, -0.2) is 10.7 Å². The normalized spacial score (nSPS) is 32.6. The maximum Gasteiger partial charge on any atom is 0.0732 e. The lowest BCUT2D eigenvalue weighted by Crippen LogP contribution is -2.57. The van der Waals surface area contributed by atoms with Gasteiger partial charge < -0.3 is 10.4 Å². The third-order valence-electron chi connectivity index (χ3n) is 5.96. The van der Waals surface area contributed by atoms with Crippen molar-refractivity contribution in [2.24, 2.45) is 11.8 Å². The van der Waals surface area contributed by atoms with Crippen LogP contribution in [0.5, 0.6) is 0 Å². The molecule has 0 saturated carbocycles. The molecular weight excluding hydrogens is 353 g/mol. The van der Waals surface area contributed by atoms with Gasteiger partial charge in [-0.3, -0.25) is 0 Å². The van der Waals surface area contributed by atoms with Gasteiger partial charge in [-0.15, -0.1) is 0 Å². The summed E-state index contributed by atoms with van der Waals surface area (Å²) in [5, 5.41) is 16.7. The SMILES string of the molecule is CCC1(O)[C@H](C)[C@@H](c2ccc(Cl)cc2)N[C@@H](c2ccc(Cl)cc2)[C@@H]1C. The maximum absolute atomic E-state index is 11.5. The van der Waals surface area contributed by atoms with Crippen molar-refractivity contribution >= 4 is 23.2 Å². The van der Waals surface area contributed by atoms with Gasteiger partial charge in [-0.2, -0.15) is 0 Å². The molecule has 1 aliphatic rings. The number of rotatable bonds is 3. The minimum atomic E-state index is -0.750. The van der Waals surface area contributed by atoms with Crippen LogP contribution in [0.3, 0.4) is 0 Å². The number of piperidine rings is 1. The monoisotopic (exact) mass is 377 g/mol. The zero-order chi connectivity index (χ0) is 18.2. The van der Waals surface area contributed by atoms with Gasteiger partial charge in [0, 0.05) is 34.0 Å². The second-order valence-electron chi connectivity index (χ2n) is 7.15. The first-order chi connectivity index (χ1) is 11.9. The highest BCUT2D eigenvalue weighted by Gasteiger charge is 2.49. The van der Waals surface area contributed by atoms with E-state index in [1.54, 1.807) is 0 Å². The molecule has 1 unspecified atom stereocenters. The molecule has 0 radical (unpaired) electrons. The summed E-state index contributed by atoms with van der Waals surface area (Å²) in [4.78, 5) is 0. The van der Waals surface area contributed by atoms with Crippen molar-refractivity contribution in [1.29, 1.82) is 0 Å². The lowest BCUT2D eigenvalue weighted by molar-refractivity contribution is -0.113. The van der Waals surface area contributed by atoms with E-state index in [0.29, 0.717) is 6.42 Å². The zero-order valence-corrected chi connectivity index (χ0v) is 16.4. The van der Waals surface area contributed by atoms with Crippen LogP contribution in [-0.2, 0) is 0 Å². The molecule has 2 aromatic carbocycles. The molecule has 4 heteroatoms. The minimum Gasteiger partial charge on any atom is -0.389 e. The predicted molar refractivity (Wildman–Crippen MR) is 105 cm³/mol. The Labute approximate surface area is 160 Å². The Kier molecular flexibility index (Phi) is 5.45. The fourth-order valence-corrected chi connectivity index (χ4v) is 4.48. The van der Waals surface area contributed by atoms with Crippen LogP contribution in [0.25, 0.3) is 0 Å². The number of aliphatic hydroxyl groups is 1. The summed E-state index contributed by atoms with van der Waals surface area (Å²) < 4.78 is 0. The maximum atomic E-state index is 11.5. The van der Waals surface area contributed by atoms with Gasteiger partial charge in [0.25, 0.3) is 0 Å². The number of hydrogen-bond acceptors (Lipinski definition) is 2. The molecule has 0 aromatic heterocycles. The quantitative estimate of drug-likeness (QED) is 0.708. The summed E-state index contributed by atoms with van der Waals surface area (Å²) in [6.45, 7) is 6.32. The topological polar surface area (TPSA) is 32.3 Å². The van der Waals surface area contributed by atoms with E-state index in [9.17, 15) is 5.11 Å². The van der Waals surface area contributed by atoms with Gasteiger partial charge >= 0.3 is 0 Å². The summed E-state index contributed by atoms with van der Waals surface area (Å²) in [7, 11) is 0. The molecule has 3 rings (SSSR count). The molecule has 2 N–H and O–H groups in total. The van der Waals surface area contributed by atoms with E-state index in [0.717, 1.165) is 21.2 Å². The average molecular weight is 378 g/mol. The number of benzene rings is 2. The highest BCUT2D eigenvalue weighted by Crippen LogP contribution is 2.48. The second kappa shape index (κ2) is 7.28. The van der Waals surface area contributed by atoms with Crippen LogP contribution in [0.2, 0.25) is 10.0 Å². The molecule has 1 aliphatic heterocycles. The van der Waals surface area contributed by atoms with Gasteiger partial charge in [0.05, 0.1) is 5.60 Å². The second-order valence-corrected chi connectivity index (χ2v) is 8.02. The molecule has 5 atom stereocenters. The van der Waals surface area contributed by atoms with Crippen LogP contribution in [0.1, 0.15) is 50.4 Å². The zero-order valence-electron chi connectivity index (χ0n) is 14.8. The van der Waals surface area contributed by atoms with E-state index in [4.69, 9.17) is 23.2 Å². The molecule has 1 saturated heterocycles. The molecule has 0 bridgehead atoms. The lowest BCUT2D eigenvalue weighted by atomic mass is 9.65. The van der Waals surface area contributed by atoms with Crippen molar-refractivity contribution in [2.75, 3.05) is 0 Å². The van der Waals surface area contributed by atoms with Crippen LogP contribution in [0.4, 0.5) is 0 Å². The molecule has 0 spiro atoms. The molecule has 0 aliphatic carbocycles. The van der Waals surface area contributed by atoms with Crippen LogP contribution >= 0.6 is 23.2 Å². The van der Waals surface area contributed by atoms with E-state index in [2.05, 4.69) is 26.1 Å². The van der Waals surface area contributed by atoms with Gasteiger partial charge in [0.15, 0.2) is 0 Å². The summed E-state index contributed by atoms with van der Waals surface area (Å²) >= 11 is 12.1. The third kappa shape index (κ3) is 3.46. The van der Waals surface area contributed by atoms with Crippen molar-refractivity contribution in [3.63, 3.8) is 0 Å². The van der Waals surface area contributed by atoms with Crippen molar-refractivity contribution < 1.29 is 5.11 Å². The summed E-state index contributed by atoms with van der Waals surface area (Å²) in [5.41, 5.74) is 1.55. The van der Waals surface area contributed by atoms with Crippen molar-refractivity contribution in [3.05, 3.63) is 69.7 Å². The Hall–Kier alpha value is -1.06. The number of nitrogens with one attached hydrogen (secondary N) is 1. The van der Waals surface area contributed by atoms with Crippen molar-refractivity contribution in [1.82, 2.24) is 5.32 Å². The highest BCUT2D eigenvalue weighted by atomic mass is 35.5. The highest BCUT2D eigenvalue weighted by molar-refractivity contribution is 6.30. The molecule has 0 amide bonds. The lowest BCUT2D eigenvalue weighted by Gasteiger charge is -2.52. The van der Waals surface area contributed by atoms with Gasteiger partial charge in [-0.25, -0.2) is 0 Å². The first-order valence-electron chi connectivity index (χ1n) is 8.86. The van der Waals surface area contributed by atoms with Crippen LogP contribution in [0, 0.1) is 11.8 Å². The first-order valence-corrected chi connectivity index (χ1v) is 9.61. The van der Waals surface area contributed by atoms with Gasteiger partial charge in [-0.05, 0) is 41.8 Å². The smallest absolute Gasteiger partial charge is 0.0732 e. The van der Waals surface area contributed by atoms with Crippen LogP contribution < -0.4 is 5.32 Å². The first kappa shape index (κ1) is 18.7. The van der Waals surface area contributed by atoms with E-state index >= 15 is 0 Å². The Balaban J connectivity index is 2.01. The van der Waals surface area contributed by atoms with Gasteiger partial charge in [0.2, 0.25) is 0 Å². The molecule has 25 heavy (non-hydrogen) atoms. The number of hydrogen-bond donors (Lipinski definition) is 2. The molecule has 1 fully saturated rings. The fraction of sp³-hybridized carbons (Fsp3) is 0.429. The van der Waals surface area contributed by atoms with E-state index < -0.39 is 5.60 Å². The van der Waals surface area contributed by atoms with Crippen LogP contribution in [0.15, 0.2) is 48.5 Å². The molecule has 2 aromatic rings. The Morgan fingerprint density at radius 3 is 1.52 bits per heavy atom.